The van der Waals surface area contributed by atoms with Crippen molar-refractivity contribution in [3.8, 4) is 5.69 Å². The number of nitrogens with zero attached hydrogens (tertiary/aromatic N) is 4. The lowest BCUT2D eigenvalue weighted by Gasteiger charge is -2.00. The molecule has 0 saturated heterocycles. The Morgan fingerprint density at radius 3 is 2.94 bits per heavy atom. The molecule has 0 amide bonds. The van der Waals surface area contributed by atoms with E-state index in [-0.39, 0.29) is 5.82 Å². The molecule has 0 bridgehead atoms. The number of aromatic nitrogens is 4. The summed E-state index contributed by atoms with van der Waals surface area (Å²) in [5.74, 6) is -0.308. The normalized spacial score (nSPS) is 10.8. The van der Waals surface area contributed by atoms with Gasteiger partial charge in [0.15, 0.2) is 5.65 Å². The molecule has 2 heterocycles. The summed E-state index contributed by atoms with van der Waals surface area (Å²) in [5.41, 5.74) is 1.92. The van der Waals surface area contributed by atoms with E-state index in [0.29, 0.717) is 16.9 Å². The molecular weight excluding hydrogens is 207 g/mol. The van der Waals surface area contributed by atoms with Gasteiger partial charge in [-0.1, -0.05) is 11.3 Å². The zero-order valence-corrected chi connectivity index (χ0v) is 8.21. The predicted molar refractivity (Wildman–Crippen MR) is 56.6 cm³/mol. The second kappa shape index (κ2) is 3.37. The quantitative estimate of drug-likeness (QED) is 0.621. The van der Waals surface area contributed by atoms with Gasteiger partial charge in [-0.2, -0.15) is 4.68 Å². The van der Waals surface area contributed by atoms with Crippen LogP contribution in [0.2, 0.25) is 0 Å². The zero-order valence-electron chi connectivity index (χ0n) is 8.21. The van der Waals surface area contributed by atoms with E-state index in [0.717, 1.165) is 0 Å². The maximum atomic E-state index is 13.1. The van der Waals surface area contributed by atoms with Gasteiger partial charge < -0.3 is 0 Å². The van der Waals surface area contributed by atoms with Crippen LogP contribution in [0.1, 0.15) is 0 Å². The SMILES string of the molecule is Fc1cccc(-n2nnc3cccnc32)c1. The maximum Gasteiger partial charge on any atom is 0.183 e. The lowest BCUT2D eigenvalue weighted by atomic mass is 10.3. The fraction of sp³-hybridized carbons (Fsp3) is 0. The Kier molecular flexibility index (Phi) is 1.89. The molecule has 0 aliphatic rings. The summed E-state index contributed by atoms with van der Waals surface area (Å²) in [7, 11) is 0. The van der Waals surface area contributed by atoms with Gasteiger partial charge in [0, 0.05) is 6.20 Å². The van der Waals surface area contributed by atoms with Gasteiger partial charge in [0.1, 0.15) is 11.3 Å². The standard InChI is InChI=1S/C11H7FN4/c12-8-3-1-4-9(7-8)16-11-10(14-15-16)5-2-6-13-11/h1-7H. The average molecular weight is 214 g/mol. The highest BCUT2D eigenvalue weighted by Gasteiger charge is 2.06. The lowest BCUT2D eigenvalue weighted by Crippen LogP contribution is -1.97. The third kappa shape index (κ3) is 1.33. The van der Waals surface area contributed by atoms with Gasteiger partial charge in [0.05, 0.1) is 5.69 Å². The van der Waals surface area contributed by atoms with Crippen LogP contribution in [0.25, 0.3) is 16.9 Å². The zero-order chi connectivity index (χ0) is 11.0. The molecule has 0 spiro atoms. The first kappa shape index (κ1) is 8.96. The first-order chi connectivity index (χ1) is 7.84. The molecule has 78 valence electrons. The largest absolute Gasteiger partial charge is 0.235 e. The van der Waals surface area contributed by atoms with Crippen LogP contribution in [0.5, 0.6) is 0 Å². The van der Waals surface area contributed by atoms with Crippen LogP contribution in [0, 0.1) is 5.82 Å². The van der Waals surface area contributed by atoms with E-state index < -0.39 is 0 Å². The van der Waals surface area contributed by atoms with Crippen molar-refractivity contribution in [2.24, 2.45) is 0 Å². The van der Waals surface area contributed by atoms with Gasteiger partial charge in [0.25, 0.3) is 0 Å². The summed E-state index contributed by atoms with van der Waals surface area (Å²) in [6.07, 6.45) is 1.65. The highest BCUT2D eigenvalue weighted by Crippen LogP contribution is 2.14. The smallest absolute Gasteiger partial charge is 0.183 e. The van der Waals surface area contributed by atoms with Crippen molar-refractivity contribution in [3.63, 3.8) is 0 Å². The number of pyridine rings is 1. The molecular formula is C11H7FN4. The molecule has 0 aliphatic carbocycles. The average Bonchev–Trinajstić information content (AvgIpc) is 2.72. The minimum atomic E-state index is -0.308. The van der Waals surface area contributed by atoms with E-state index in [4.69, 9.17) is 0 Å². The summed E-state index contributed by atoms with van der Waals surface area (Å²) in [5, 5.41) is 7.90. The number of rotatable bonds is 1. The number of benzene rings is 1. The Morgan fingerprint density at radius 1 is 1.12 bits per heavy atom. The Balaban J connectivity index is 2.26. The number of fused-ring (bicyclic) bond motifs is 1. The number of halogens is 1. The van der Waals surface area contributed by atoms with Crippen LogP contribution < -0.4 is 0 Å². The first-order valence-electron chi connectivity index (χ1n) is 4.77. The molecule has 0 radical (unpaired) electrons. The van der Waals surface area contributed by atoms with Crippen LogP contribution in [-0.4, -0.2) is 20.0 Å². The van der Waals surface area contributed by atoms with Crippen molar-refractivity contribution in [2.75, 3.05) is 0 Å². The molecule has 5 heteroatoms. The van der Waals surface area contributed by atoms with Crippen molar-refractivity contribution in [3.05, 3.63) is 48.4 Å². The fourth-order valence-electron chi connectivity index (χ4n) is 1.55. The molecule has 3 aromatic rings. The van der Waals surface area contributed by atoms with E-state index >= 15 is 0 Å². The minimum absolute atomic E-state index is 0.308. The fourth-order valence-corrected chi connectivity index (χ4v) is 1.55. The molecule has 0 atom stereocenters. The van der Waals surface area contributed by atoms with E-state index in [9.17, 15) is 4.39 Å². The summed E-state index contributed by atoms with van der Waals surface area (Å²) >= 11 is 0. The third-order valence-corrected chi connectivity index (χ3v) is 2.26. The predicted octanol–water partition coefficient (Wildman–Crippen LogP) is 1.95. The summed E-state index contributed by atoms with van der Waals surface area (Å²) < 4.78 is 14.6. The van der Waals surface area contributed by atoms with Crippen molar-refractivity contribution < 1.29 is 4.39 Å². The van der Waals surface area contributed by atoms with Gasteiger partial charge >= 0.3 is 0 Å². The van der Waals surface area contributed by atoms with Gasteiger partial charge in [-0.3, -0.25) is 0 Å². The molecule has 1 aromatic carbocycles. The Morgan fingerprint density at radius 2 is 2.06 bits per heavy atom. The topological polar surface area (TPSA) is 43.6 Å². The van der Waals surface area contributed by atoms with Crippen LogP contribution in [-0.2, 0) is 0 Å². The lowest BCUT2D eigenvalue weighted by molar-refractivity contribution is 0.625. The van der Waals surface area contributed by atoms with Crippen LogP contribution >= 0.6 is 0 Å². The van der Waals surface area contributed by atoms with Crippen molar-refractivity contribution in [1.82, 2.24) is 20.0 Å². The molecule has 0 unspecified atom stereocenters. The van der Waals surface area contributed by atoms with Gasteiger partial charge in [-0.25, -0.2) is 9.37 Å². The first-order valence-corrected chi connectivity index (χ1v) is 4.77. The monoisotopic (exact) mass is 214 g/mol. The summed E-state index contributed by atoms with van der Waals surface area (Å²) in [6.45, 7) is 0. The molecule has 0 N–H and O–H groups in total. The molecule has 0 aliphatic heterocycles. The van der Waals surface area contributed by atoms with Gasteiger partial charge in [-0.05, 0) is 30.3 Å². The molecule has 16 heavy (non-hydrogen) atoms. The third-order valence-electron chi connectivity index (χ3n) is 2.26. The molecule has 2 aromatic heterocycles. The molecule has 0 saturated carbocycles. The van der Waals surface area contributed by atoms with Crippen molar-refractivity contribution >= 4 is 11.2 Å². The van der Waals surface area contributed by atoms with Crippen LogP contribution in [0.3, 0.4) is 0 Å². The summed E-state index contributed by atoms with van der Waals surface area (Å²) in [6, 6.07) is 9.75. The highest BCUT2D eigenvalue weighted by molar-refractivity contribution is 5.71. The Bertz CT molecular complexity index is 647. The van der Waals surface area contributed by atoms with Crippen molar-refractivity contribution in [2.45, 2.75) is 0 Å². The second-order valence-electron chi connectivity index (χ2n) is 3.33. The molecule has 0 fully saturated rings. The Hall–Kier alpha value is -2.30. The number of hydrogen-bond donors (Lipinski definition) is 0. The minimum Gasteiger partial charge on any atom is -0.235 e. The van der Waals surface area contributed by atoms with E-state index in [2.05, 4.69) is 15.3 Å². The van der Waals surface area contributed by atoms with E-state index in [1.807, 2.05) is 6.07 Å². The Labute approximate surface area is 90.4 Å². The van der Waals surface area contributed by atoms with E-state index in [1.165, 1.54) is 16.8 Å². The molecule has 3 rings (SSSR count). The maximum absolute atomic E-state index is 13.1. The summed E-state index contributed by atoms with van der Waals surface area (Å²) in [4.78, 5) is 4.16. The molecule has 4 nitrogen and oxygen atoms in total. The van der Waals surface area contributed by atoms with E-state index in [1.54, 1.807) is 24.4 Å². The highest BCUT2D eigenvalue weighted by atomic mass is 19.1. The van der Waals surface area contributed by atoms with Crippen molar-refractivity contribution in [1.29, 1.82) is 0 Å². The van der Waals surface area contributed by atoms with Crippen LogP contribution in [0.15, 0.2) is 42.6 Å². The van der Waals surface area contributed by atoms with Gasteiger partial charge in [-0.15, -0.1) is 5.10 Å². The van der Waals surface area contributed by atoms with Gasteiger partial charge in [0.2, 0.25) is 0 Å². The van der Waals surface area contributed by atoms with Crippen LogP contribution in [0.4, 0.5) is 4.39 Å². The number of hydrogen-bond acceptors (Lipinski definition) is 3. The second-order valence-corrected chi connectivity index (χ2v) is 3.33.